The lowest BCUT2D eigenvalue weighted by Crippen LogP contribution is -2.29. The summed E-state index contributed by atoms with van der Waals surface area (Å²) in [6.45, 7) is 6.40. The molecule has 9 nitrogen and oxygen atoms in total. The van der Waals surface area contributed by atoms with Crippen molar-refractivity contribution in [3.8, 4) is 11.5 Å². The van der Waals surface area contributed by atoms with Crippen molar-refractivity contribution in [1.82, 2.24) is 20.0 Å². The van der Waals surface area contributed by atoms with Crippen LogP contribution in [0.5, 0.6) is 11.5 Å². The Hall–Kier alpha value is -5.05. The maximum Gasteiger partial charge on any atom is 0.351 e. The topological polar surface area (TPSA) is 110 Å². The van der Waals surface area contributed by atoms with Crippen molar-refractivity contribution in [2.75, 3.05) is 6.61 Å². The highest BCUT2D eigenvalue weighted by molar-refractivity contribution is 6.34. The molecule has 5 rings (SSSR count). The molecular formula is C33H33N5O4. The SMILES string of the molecule is CCOc1cccc(C(c2ccccn2)N(/N=C(\C)C(=O)O)C2=C(C)CCc3cc(OCc4cncnc4)ccc32)c1. The van der Waals surface area contributed by atoms with Gasteiger partial charge in [-0.2, -0.15) is 5.10 Å². The van der Waals surface area contributed by atoms with Crippen LogP contribution in [-0.2, 0) is 17.8 Å². The van der Waals surface area contributed by atoms with Gasteiger partial charge in [-0.25, -0.2) is 14.8 Å². The molecule has 0 spiro atoms. The number of ether oxygens (including phenoxy) is 2. The van der Waals surface area contributed by atoms with Crippen LogP contribution in [0.1, 0.15) is 61.2 Å². The second-order valence-electron chi connectivity index (χ2n) is 9.98. The highest BCUT2D eigenvalue weighted by Gasteiger charge is 2.31. The minimum Gasteiger partial charge on any atom is -0.494 e. The van der Waals surface area contributed by atoms with Gasteiger partial charge in [0.2, 0.25) is 0 Å². The van der Waals surface area contributed by atoms with E-state index in [0.29, 0.717) is 13.2 Å². The smallest absolute Gasteiger partial charge is 0.351 e. The number of aryl methyl sites for hydroxylation is 1. The number of aromatic nitrogens is 3. The molecule has 0 radical (unpaired) electrons. The number of hydrogen-bond acceptors (Lipinski definition) is 8. The van der Waals surface area contributed by atoms with Crippen molar-refractivity contribution in [3.63, 3.8) is 0 Å². The van der Waals surface area contributed by atoms with E-state index in [-0.39, 0.29) is 5.71 Å². The van der Waals surface area contributed by atoms with Crippen LogP contribution in [-0.4, -0.2) is 43.4 Å². The van der Waals surface area contributed by atoms with Crippen LogP contribution in [0.25, 0.3) is 5.70 Å². The van der Waals surface area contributed by atoms with Gasteiger partial charge in [-0.3, -0.25) is 9.99 Å². The predicted octanol–water partition coefficient (Wildman–Crippen LogP) is 6.08. The van der Waals surface area contributed by atoms with Gasteiger partial charge in [-0.1, -0.05) is 18.2 Å². The van der Waals surface area contributed by atoms with Crippen LogP contribution in [0.3, 0.4) is 0 Å². The van der Waals surface area contributed by atoms with Gasteiger partial charge in [0.05, 0.1) is 18.0 Å². The van der Waals surface area contributed by atoms with Gasteiger partial charge in [0.1, 0.15) is 36.2 Å². The van der Waals surface area contributed by atoms with E-state index >= 15 is 0 Å². The molecule has 1 aliphatic carbocycles. The molecule has 2 heterocycles. The first kappa shape index (κ1) is 28.5. The van der Waals surface area contributed by atoms with Gasteiger partial charge in [0.25, 0.3) is 0 Å². The molecule has 214 valence electrons. The Morgan fingerprint density at radius 3 is 2.57 bits per heavy atom. The second-order valence-corrected chi connectivity index (χ2v) is 9.98. The summed E-state index contributed by atoms with van der Waals surface area (Å²) in [6, 6.07) is 19.0. The van der Waals surface area contributed by atoms with E-state index in [9.17, 15) is 9.90 Å². The summed E-state index contributed by atoms with van der Waals surface area (Å²) in [6.07, 6.45) is 8.29. The first-order valence-corrected chi connectivity index (χ1v) is 13.9. The fourth-order valence-corrected chi connectivity index (χ4v) is 5.02. The van der Waals surface area contributed by atoms with Gasteiger partial charge >= 0.3 is 5.97 Å². The maximum atomic E-state index is 12.1. The molecule has 0 amide bonds. The van der Waals surface area contributed by atoms with E-state index in [1.807, 2.05) is 72.6 Å². The second kappa shape index (κ2) is 13.1. The minimum atomic E-state index is -1.09. The Labute approximate surface area is 245 Å². The van der Waals surface area contributed by atoms with Gasteiger partial charge in [0, 0.05) is 29.7 Å². The third-order valence-electron chi connectivity index (χ3n) is 7.02. The average Bonchev–Trinajstić information content (AvgIpc) is 3.01. The number of hydrazone groups is 1. The molecule has 0 saturated carbocycles. The van der Waals surface area contributed by atoms with Crippen molar-refractivity contribution >= 4 is 17.4 Å². The molecule has 9 heteroatoms. The Bertz CT molecular complexity index is 1610. The van der Waals surface area contributed by atoms with Gasteiger partial charge in [-0.05, 0) is 92.8 Å². The third kappa shape index (κ3) is 6.46. The molecule has 0 aliphatic heterocycles. The Balaban J connectivity index is 1.62. The number of rotatable bonds is 11. The molecule has 0 bridgehead atoms. The molecule has 1 atom stereocenters. The number of pyridine rings is 1. The van der Waals surface area contributed by atoms with Gasteiger partial charge in [-0.15, -0.1) is 0 Å². The number of hydrogen-bond donors (Lipinski definition) is 1. The van der Waals surface area contributed by atoms with Crippen LogP contribution in [0, 0.1) is 0 Å². The predicted molar refractivity (Wildman–Crippen MR) is 160 cm³/mol. The molecule has 0 saturated heterocycles. The molecule has 2 aromatic heterocycles. The van der Waals surface area contributed by atoms with Crippen LogP contribution in [0.2, 0.25) is 0 Å². The molecule has 2 aromatic carbocycles. The zero-order valence-electron chi connectivity index (χ0n) is 23.9. The number of benzene rings is 2. The number of carboxylic acids is 1. The zero-order valence-corrected chi connectivity index (χ0v) is 23.9. The molecule has 4 aromatic rings. The van der Waals surface area contributed by atoms with Crippen molar-refractivity contribution in [2.45, 2.75) is 46.3 Å². The van der Waals surface area contributed by atoms with E-state index in [4.69, 9.17) is 19.6 Å². The summed E-state index contributed by atoms with van der Waals surface area (Å²) in [4.78, 5) is 24.9. The molecule has 1 aliphatic rings. The molecule has 42 heavy (non-hydrogen) atoms. The molecule has 1 N–H and O–H groups in total. The minimum absolute atomic E-state index is 0.0330. The summed E-state index contributed by atoms with van der Waals surface area (Å²) < 4.78 is 11.9. The lowest BCUT2D eigenvalue weighted by Gasteiger charge is -2.35. The average molecular weight is 564 g/mol. The lowest BCUT2D eigenvalue weighted by atomic mass is 9.88. The number of nitrogens with zero attached hydrogens (tertiary/aromatic N) is 5. The first-order valence-electron chi connectivity index (χ1n) is 13.9. The van der Waals surface area contributed by atoms with Gasteiger partial charge < -0.3 is 14.6 Å². The highest BCUT2D eigenvalue weighted by Crippen LogP contribution is 2.42. The van der Waals surface area contributed by atoms with E-state index < -0.39 is 12.0 Å². The Morgan fingerprint density at radius 1 is 1.02 bits per heavy atom. The zero-order chi connectivity index (χ0) is 29.5. The quantitative estimate of drug-likeness (QED) is 0.173. The fraction of sp³-hybridized carbons (Fsp3) is 0.242. The van der Waals surface area contributed by atoms with Crippen LogP contribution >= 0.6 is 0 Å². The number of allylic oxidation sites excluding steroid dienone is 1. The van der Waals surface area contributed by atoms with Crippen LogP contribution in [0.4, 0.5) is 0 Å². The Morgan fingerprint density at radius 2 is 1.83 bits per heavy atom. The van der Waals surface area contributed by atoms with Crippen molar-refractivity contribution in [2.24, 2.45) is 5.10 Å². The Kier molecular flexibility index (Phi) is 8.87. The summed E-state index contributed by atoms with van der Waals surface area (Å²) in [7, 11) is 0. The fourth-order valence-electron chi connectivity index (χ4n) is 5.02. The van der Waals surface area contributed by atoms with Crippen LogP contribution < -0.4 is 9.47 Å². The number of carbonyl (C=O) groups is 1. The summed E-state index contributed by atoms with van der Waals surface area (Å²) >= 11 is 0. The summed E-state index contributed by atoms with van der Waals surface area (Å²) in [5.74, 6) is 0.361. The number of fused-ring (bicyclic) bond motifs is 1. The molecule has 0 fully saturated rings. The van der Waals surface area contributed by atoms with Crippen molar-refractivity contribution in [1.29, 1.82) is 0 Å². The van der Waals surface area contributed by atoms with Crippen LogP contribution in [0.15, 0.2) is 96.3 Å². The highest BCUT2D eigenvalue weighted by atomic mass is 16.5. The number of aliphatic carboxylic acids is 1. The standard InChI is InChI=1S/C33H33N5O4/c1-4-41-27-9-7-8-26(17-27)32(30-10-5-6-15-36-30)38(37-23(3)33(39)40)31-22(2)11-12-25-16-28(13-14-29(25)31)42-20-24-18-34-21-35-19-24/h5-10,13-19,21,32H,4,11-12,20H2,1-3H3,(H,39,40)/b37-23+. The molecule has 1 unspecified atom stereocenters. The van der Waals surface area contributed by atoms with Crippen molar-refractivity contribution < 1.29 is 19.4 Å². The summed E-state index contributed by atoms with van der Waals surface area (Å²) in [5, 5.41) is 16.4. The first-order chi connectivity index (χ1) is 20.4. The van der Waals surface area contributed by atoms with Crippen molar-refractivity contribution in [3.05, 3.63) is 119 Å². The van der Waals surface area contributed by atoms with E-state index in [0.717, 1.165) is 63.6 Å². The largest absolute Gasteiger partial charge is 0.494 e. The maximum absolute atomic E-state index is 12.1. The van der Waals surface area contributed by atoms with Gasteiger partial charge in [0.15, 0.2) is 0 Å². The molecular weight excluding hydrogens is 530 g/mol. The monoisotopic (exact) mass is 563 g/mol. The summed E-state index contributed by atoms with van der Waals surface area (Å²) in [5.41, 5.74) is 6.45. The van der Waals surface area contributed by atoms with E-state index in [1.54, 1.807) is 18.6 Å². The van der Waals surface area contributed by atoms with E-state index in [2.05, 4.69) is 16.9 Å². The van der Waals surface area contributed by atoms with E-state index in [1.165, 1.54) is 13.3 Å². The number of carboxylic acid groups (broad SMARTS) is 1. The normalized spacial score (nSPS) is 13.7. The third-order valence-corrected chi connectivity index (χ3v) is 7.02. The lowest BCUT2D eigenvalue weighted by molar-refractivity contribution is -0.129.